The smallest absolute Gasteiger partial charge is 0.341 e. The Hall–Kier alpha value is -2.01. The van der Waals surface area contributed by atoms with Crippen molar-refractivity contribution < 1.29 is 9.53 Å². The minimum atomic E-state index is -0.406. The number of nitrogens with one attached hydrogen (secondary N) is 1. The van der Waals surface area contributed by atoms with Gasteiger partial charge in [0.2, 0.25) is 0 Å². The van der Waals surface area contributed by atoms with Crippen LogP contribution < -0.4 is 5.32 Å². The average Bonchev–Trinajstić information content (AvgIpc) is 2.47. The number of esters is 1. The molecule has 4 nitrogen and oxygen atoms in total. The van der Waals surface area contributed by atoms with E-state index in [9.17, 15) is 4.79 Å². The summed E-state index contributed by atoms with van der Waals surface area (Å²) in [4.78, 5) is 17.0. The van der Waals surface area contributed by atoms with Gasteiger partial charge in [-0.15, -0.1) is 11.8 Å². The van der Waals surface area contributed by atoms with Crippen LogP contribution in [0.15, 0.2) is 47.5 Å². The van der Waals surface area contributed by atoms with Gasteiger partial charge >= 0.3 is 5.97 Å². The molecule has 1 N–H and O–H groups in total. The minimum absolute atomic E-state index is 0.406. The van der Waals surface area contributed by atoms with E-state index in [-0.39, 0.29) is 0 Å². The van der Waals surface area contributed by atoms with Gasteiger partial charge in [-0.3, -0.25) is 0 Å². The maximum atomic E-state index is 11.6. The van der Waals surface area contributed by atoms with Crippen LogP contribution in [0.3, 0.4) is 0 Å². The normalized spacial score (nSPS) is 10.0. The topological polar surface area (TPSA) is 51.2 Å². The molecule has 0 radical (unpaired) electrons. The van der Waals surface area contributed by atoms with Crippen LogP contribution in [0.1, 0.15) is 10.4 Å². The highest BCUT2D eigenvalue weighted by atomic mass is 32.2. The fraction of sp³-hybridized carbons (Fsp3) is 0.143. The number of anilines is 2. The first-order valence-electron chi connectivity index (χ1n) is 5.69. The molecule has 1 aromatic carbocycles. The maximum absolute atomic E-state index is 11.6. The first-order valence-corrected chi connectivity index (χ1v) is 6.91. The molecule has 0 aliphatic carbocycles. The summed E-state index contributed by atoms with van der Waals surface area (Å²) in [6.07, 6.45) is 3.65. The summed E-state index contributed by atoms with van der Waals surface area (Å²) in [5.74, 6) is 0.0872. The first-order chi connectivity index (χ1) is 9.24. The summed E-state index contributed by atoms with van der Waals surface area (Å²) < 4.78 is 4.74. The van der Waals surface area contributed by atoms with Crippen LogP contribution in [-0.4, -0.2) is 24.3 Å². The fourth-order valence-electron chi connectivity index (χ4n) is 1.62. The van der Waals surface area contributed by atoms with Crippen LogP contribution in [0.5, 0.6) is 0 Å². The standard InChI is InChI=1S/C14H14N2O2S/c1-18-14(17)12-7-4-8-15-13(12)16-10-5-3-6-11(9-10)19-2/h3-9H,1-2H3,(H,15,16). The predicted molar refractivity (Wildman–Crippen MR) is 77.1 cm³/mol. The zero-order chi connectivity index (χ0) is 13.7. The molecule has 0 fully saturated rings. The number of aromatic nitrogens is 1. The van der Waals surface area contributed by atoms with Gasteiger partial charge in [0.1, 0.15) is 11.4 Å². The second-order valence-electron chi connectivity index (χ2n) is 3.75. The highest BCUT2D eigenvalue weighted by Crippen LogP contribution is 2.23. The van der Waals surface area contributed by atoms with Gasteiger partial charge < -0.3 is 10.1 Å². The third-order valence-electron chi connectivity index (χ3n) is 2.55. The number of benzene rings is 1. The molecule has 0 atom stereocenters. The number of pyridine rings is 1. The Labute approximate surface area is 116 Å². The lowest BCUT2D eigenvalue weighted by atomic mass is 10.2. The molecule has 0 aliphatic heterocycles. The number of nitrogens with zero attached hydrogens (tertiary/aromatic N) is 1. The molecular weight excluding hydrogens is 260 g/mol. The van der Waals surface area contributed by atoms with E-state index in [0.717, 1.165) is 10.6 Å². The van der Waals surface area contributed by atoms with Crippen LogP contribution in [-0.2, 0) is 4.74 Å². The largest absolute Gasteiger partial charge is 0.465 e. The lowest BCUT2D eigenvalue weighted by Crippen LogP contribution is -2.07. The van der Waals surface area contributed by atoms with E-state index >= 15 is 0 Å². The van der Waals surface area contributed by atoms with Crippen molar-refractivity contribution in [3.05, 3.63) is 48.2 Å². The molecule has 0 aliphatic rings. The Bertz CT molecular complexity index is 587. The summed E-state index contributed by atoms with van der Waals surface area (Å²) in [5.41, 5.74) is 1.30. The molecule has 19 heavy (non-hydrogen) atoms. The quantitative estimate of drug-likeness (QED) is 0.684. The fourth-order valence-corrected chi connectivity index (χ4v) is 2.08. The van der Waals surface area contributed by atoms with E-state index in [1.807, 2.05) is 30.5 Å². The van der Waals surface area contributed by atoms with Crippen LogP contribution in [0.4, 0.5) is 11.5 Å². The van der Waals surface area contributed by atoms with Gasteiger partial charge in [-0.05, 0) is 36.6 Å². The molecule has 0 amide bonds. The number of carbonyl (C=O) groups excluding carboxylic acids is 1. The van der Waals surface area contributed by atoms with Crippen molar-refractivity contribution in [1.29, 1.82) is 0 Å². The van der Waals surface area contributed by atoms with Gasteiger partial charge in [-0.1, -0.05) is 6.07 Å². The lowest BCUT2D eigenvalue weighted by Gasteiger charge is -2.10. The van der Waals surface area contributed by atoms with E-state index in [1.54, 1.807) is 30.1 Å². The molecule has 1 aromatic heterocycles. The predicted octanol–water partition coefficient (Wildman–Crippen LogP) is 3.33. The summed E-state index contributed by atoms with van der Waals surface area (Å²) in [6.45, 7) is 0. The monoisotopic (exact) mass is 274 g/mol. The lowest BCUT2D eigenvalue weighted by molar-refractivity contribution is 0.0601. The Kier molecular flexibility index (Phi) is 4.41. The van der Waals surface area contributed by atoms with Crippen LogP contribution in [0, 0.1) is 0 Å². The second kappa shape index (κ2) is 6.24. The molecule has 5 heteroatoms. The van der Waals surface area contributed by atoms with Gasteiger partial charge in [0, 0.05) is 16.8 Å². The Morgan fingerprint density at radius 3 is 2.89 bits per heavy atom. The van der Waals surface area contributed by atoms with Gasteiger partial charge in [-0.25, -0.2) is 9.78 Å². The average molecular weight is 274 g/mol. The Morgan fingerprint density at radius 1 is 1.32 bits per heavy atom. The van der Waals surface area contributed by atoms with E-state index in [0.29, 0.717) is 11.4 Å². The van der Waals surface area contributed by atoms with Gasteiger partial charge in [-0.2, -0.15) is 0 Å². The first kappa shape index (κ1) is 13.4. The van der Waals surface area contributed by atoms with Crippen molar-refractivity contribution in [2.24, 2.45) is 0 Å². The Morgan fingerprint density at radius 2 is 2.16 bits per heavy atom. The van der Waals surface area contributed by atoms with Crippen molar-refractivity contribution in [2.45, 2.75) is 4.90 Å². The number of hydrogen-bond acceptors (Lipinski definition) is 5. The van der Waals surface area contributed by atoms with Crippen LogP contribution in [0.25, 0.3) is 0 Å². The molecule has 0 spiro atoms. The van der Waals surface area contributed by atoms with Gasteiger partial charge in [0.05, 0.1) is 7.11 Å². The van der Waals surface area contributed by atoms with E-state index in [2.05, 4.69) is 10.3 Å². The molecule has 1 heterocycles. The van der Waals surface area contributed by atoms with Crippen molar-refractivity contribution in [3.8, 4) is 0 Å². The number of hydrogen-bond donors (Lipinski definition) is 1. The van der Waals surface area contributed by atoms with Crippen LogP contribution in [0.2, 0.25) is 0 Å². The molecular formula is C14H14N2O2S. The summed E-state index contributed by atoms with van der Waals surface area (Å²) in [7, 11) is 1.35. The zero-order valence-electron chi connectivity index (χ0n) is 10.7. The van der Waals surface area contributed by atoms with E-state index < -0.39 is 5.97 Å². The third-order valence-corrected chi connectivity index (χ3v) is 3.27. The van der Waals surface area contributed by atoms with E-state index in [1.165, 1.54) is 7.11 Å². The molecule has 0 saturated heterocycles. The SMILES string of the molecule is COC(=O)c1cccnc1Nc1cccc(SC)c1. The number of methoxy groups -OCH3 is 1. The highest BCUT2D eigenvalue weighted by Gasteiger charge is 2.12. The second-order valence-corrected chi connectivity index (χ2v) is 4.63. The highest BCUT2D eigenvalue weighted by molar-refractivity contribution is 7.98. The molecule has 0 bridgehead atoms. The number of ether oxygens (including phenoxy) is 1. The van der Waals surface area contributed by atoms with Gasteiger partial charge in [0.15, 0.2) is 0 Å². The van der Waals surface area contributed by atoms with Gasteiger partial charge in [0.25, 0.3) is 0 Å². The number of rotatable bonds is 4. The Balaban J connectivity index is 2.30. The number of thioether (sulfide) groups is 1. The van der Waals surface area contributed by atoms with Crippen molar-refractivity contribution in [1.82, 2.24) is 4.98 Å². The van der Waals surface area contributed by atoms with Crippen LogP contribution >= 0.6 is 11.8 Å². The summed E-state index contributed by atoms with van der Waals surface area (Å²) in [5, 5.41) is 3.14. The van der Waals surface area contributed by atoms with Crippen molar-refractivity contribution in [2.75, 3.05) is 18.7 Å². The molecule has 98 valence electrons. The zero-order valence-corrected chi connectivity index (χ0v) is 11.5. The number of carbonyl (C=O) groups is 1. The minimum Gasteiger partial charge on any atom is -0.465 e. The third kappa shape index (κ3) is 3.26. The summed E-state index contributed by atoms with van der Waals surface area (Å²) in [6, 6.07) is 11.3. The molecule has 0 saturated carbocycles. The summed E-state index contributed by atoms with van der Waals surface area (Å²) >= 11 is 1.66. The van der Waals surface area contributed by atoms with E-state index in [4.69, 9.17) is 4.74 Å². The molecule has 2 rings (SSSR count). The maximum Gasteiger partial charge on any atom is 0.341 e. The van der Waals surface area contributed by atoms with Crippen molar-refractivity contribution >= 4 is 29.2 Å². The molecule has 0 unspecified atom stereocenters. The van der Waals surface area contributed by atoms with Crippen molar-refractivity contribution in [3.63, 3.8) is 0 Å². The molecule has 2 aromatic rings.